The van der Waals surface area contributed by atoms with E-state index in [0.29, 0.717) is 6.10 Å². The highest BCUT2D eigenvalue weighted by Gasteiger charge is 2.00. The van der Waals surface area contributed by atoms with Crippen LogP contribution in [0.15, 0.2) is 0 Å². The van der Waals surface area contributed by atoms with Crippen molar-refractivity contribution < 1.29 is 4.43 Å². The first-order chi connectivity index (χ1) is 3.66. The van der Waals surface area contributed by atoms with Gasteiger partial charge in [0.25, 0.3) is 0 Å². The van der Waals surface area contributed by atoms with Crippen molar-refractivity contribution in [2.24, 2.45) is 0 Å². The lowest BCUT2D eigenvalue weighted by molar-refractivity contribution is 0.252. The van der Waals surface area contributed by atoms with Gasteiger partial charge in [-0.3, -0.25) is 0 Å². The maximum Gasteiger partial charge on any atom is 0.171 e. The van der Waals surface area contributed by atoms with E-state index in [9.17, 15) is 0 Å². The first-order valence-electron chi connectivity index (χ1n) is 2.93. The lowest BCUT2D eigenvalue weighted by Crippen LogP contribution is -2.18. The van der Waals surface area contributed by atoms with Gasteiger partial charge in [-0.25, -0.2) is 0 Å². The molecule has 0 spiro atoms. The molecular formula is C5H14OSSi. The SMILES string of the molecule is CC(CS)O[SiH](C)C. The molecule has 1 unspecified atom stereocenters. The van der Waals surface area contributed by atoms with Gasteiger partial charge in [0, 0.05) is 5.75 Å². The highest BCUT2D eigenvalue weighted by molar-refractivity contribution is 7.80. The molecular weight excluding hydrogens is 136 g/mol. The Morgan fingerprint density at radius 1 is 1.62 bits per heavy atom. The monoisotopic (exact) mass is 150 g/mol. The van der Waals surface area contributed by atoms with Crippen molar-refractivity contribution in [2.45, 2.75) is 26.1 Å². The Hall–Kier alpha value is 0.527. The maximum absolute atomic E-state index is 5.46. The summed E-state index contributed by atoms with van der Waals surface area (Å²) in [6.07, 6.45) is 0.352. The molecule has 0 aromatic heterocycles. The third-order valence-electron chi connectivity index (χ3n) is 0.762. The molecule has 0 aromatic carbocycles. The molecule has 0 N–H and O–H groups in total. The van der Waals surface area contributed by atoms with Crippen molar-refractivity contribution in [3.05, 3.63) is 0 Å². The van der Waals surface area contributed by atoms with Gasteiger partial charge in [-0.2, -0.15) is 12.6 Å². The molecule has 0 radical (unpaired) electrons. The van der Waals surface area contributed by atoms with E-state index in [1.165, 1.54) is 0 Å². The minimum Gasteiger partial charge on any atom is -0.417 e. The van der Waals surface area contributed by atoms with Crippen LogP contribution in [0, 0.1) is 0 Å². The van der Waals surface area contributed by atoms with Gasteiger partial charge >= 0.3 is 0 Å². The largest absolute Gasteiger partial charge is 0.417 e. The average molecular weight is 150 g/mol. The summed E-state index contributed by atoms with van der Waals surface area (Å²) in [5, 5.41) is 0. The van der Waals surface area contributed by atoms with Crippen LogP contribution in [0.25, 0.3) is 0 Å². The fourth-order valence-electron chi connectivity index (χ4n) is 0.508. The second-order valence-corrected chi connectivity index (χ2v) is 4.91. The molecule has 3 heteroatoms. The number of thiol groups is 1. The van der Waals surface area contributed by atoms with Crippen LogP contribution in [0.2, 0.25) is 13.1 Å². The standard InChI is InChI=1S/C5H14OSSi/c1-5(4-7)6-8(2)3/h5,7-8H,4H2,1-3H3. The van der Waals surface area contributed by atoms with Gasteiger partial charge in [0.15, 0.2) is 9.04 Å². The molecule has 0 aliphatic rings. The molecule has 0 fully saturated rings. The second kappa shape index (κ2) is 4.41. The van der Waals surface area contributed by atoms with E-state index in [4.69, 9.17) is 4.43 Å². The Morgan fingerprint density at radius 3 is 2.25 bits per heavy atom. The summed E-state index contributed by atoms with van der Waals surface area (Å²) in [5.41, 5.74) is 0. The van der Waals surface area contributed by atoms with Gasteiger partial charge in [0.05, 0.1) is 6.10 Å². The van der Waals surface area contributed by atoms with Crippen molar-refractivity contribution in [2.75, 3.05) is 5.75 Å². The second-order valence-electron chi connectivity index (χ2n) is 2.18. The van der Waals surface area contributed by atoms with E-state index in [1.54, 1.807) is 0 Å². The molecule has 0 aliphatic heterocycles. The highest BCUT2D eigenvalue weighted by Crippen LogP contribution is 1.95. The van der Waals surface area contributed by atoms with Gasteiger partial charge < -0.3 is 4.43 Å². The van der Waals surface area contributed by atoms with Crippen LogP contribution in [-0.4, -0.2) is 20.9 Å². The summed E-state index contributed by atoms with van der Waals surface area (Å²) in [6, 6.07) is 0. The quantitative estimate of drug-likeness (QED) is 0.471. The Labute approximate surface area is 58.6 Å². The predicted molar refractivity (Wildman–Crippen MR) is 43.3 cm³/mol. The van der Waals surface area contributed by atoms with Crippen LogP contribution in [0.5, 0.6) is 0 Å². The van der Waals surface area contributed by atoms with Crippen molar-refractivity contribution in [3.63, 3.8) is 0 Å². The molecule has 0 aliphatic carbocycles. The molecule has 1 atom stereocenters. The van der Waals surface area contributed by atoms with Gasteiger partial charge in [-0.1, -0.05) is 0 Å². The summed E-state index contributed by atoms with van der Waals surface area (Å²) >= 11 is 4.09. The average Bonchev–Trinajstić information content (AvgIpc) is 1.65. The Balaban J connectivity index is 3.10. The van der Waals surface area contributed by atoms with Crippen LogP contribution >= 0.6 is 12.6 Å². The van der Waals surface area contributed by atoms with E-state index in [0.717, 1.165) is 5.75 Å². The van der Waals surface area contributed by atoms with E-state index in [-0.39, 0.29) is 0 Å². The summed E-state index contributed by atoms with van der Waals surface area (Å²) in [5.74, 6) is 0.838. The van der Waals surface area contributed by atoms with Crippen LogP contribution in [0.3, 0.4) is 0 Å². The molecule has 1 nitrogen and oxygen atoms in total. The first-order valence-corrected chi connectivity index (χ1v) is 6.34. The molecule has 0 heterocycles. The van der Waals surface area contributed by atoms with Gasteiger partial charge in [0.2, 0.25) is 0 Å². The Bertz CT molecular complexity index is 58.4. The third-order valence-corrected chi connectivity index (χ3v) is 2.28. The van der Waals surface area contributed by atoms with E-state index >= 15 is 0 Å². The van der Waals surface area contributed by atoms with Gasteiger partial charge in [0.1, 0.15) is 0 Å². The molecule has 0 aromatic rings. The topological polar surface area (TPSA) is 9.23 Å². The minimum atomic E-state index is -0.795. The summed E-state index contributed by atoms with van der Waals surface area (Å²) in [6.45, 7) is 6.39. The molecule has 0 saturated carbocycles. The summed E-state index contributed by atoms with van der Waals surface area (Å²) in [7, 11) is -0.795. The normalized spacial score (nSPS) is 14.6. The van der Waals surface area contributed by atoms with Crippen LogP contribution in [0.4, 0.5) is 0 Å². The van der Waals surface area contributed by atoms with Crippen LogP contribution in [-0.2, 0) is 4.43 Å². The zero-order valence-electron chi connectivity index (χ0n) is 5.72. The molecule has 0 bridgehead atoms. The van der Waals surface area contributed by atoms with Crippen molar-refractivity contribution in [1.29, 1.82) is 0 Å². The zero-order valence-corrected chi connectivity index (χ0v) is 7.77. The molecule has 8 heavy (non-hydrogen) atoms. The Kier molecular flexibility index (Phi) is 4.70. The number of rotatable bonds is 3. The smallest absolute Gasteiger partial charge is 0.171 e. The van der Waals surface area contributed by atoms with Crippen molar-refractivity contribution in [1.82, 2.24) is 0 Å². The summed E-state index contributed by atoms with van der Waals surface area (Å²) < 4.78 is 5.46. The van der Waals surface area contributed by atoms with E-state index in [1.807, 2.05) is 0 Å². The zero-order chi connectivity index (χ0) is 6.57. The lowest BCUT2D eigenvalue weighted by Gasteiger charge is -2.11. The molecule has 0 amide bonds. The van der Waals surface area contributed by atoms with Gasteiger partial charge in [-0.05, 0) is 20.0 Å². The first kappa shape index (κ1) is 8.53. The van der Waals surface area contributed by atoms with Crippen molar-refractivity contribution in [3.8, 4) is 0 Å². The maximum atomic E-state index is 5.46. The van der Waals surface area contributed by atoms with Crippen LogP contribution < -0.4 is 0 Å². The van der Waals surface area contributed by atoms with E-state index in [2.05, 4.69) is 32.6 Å². The predicted octanol–water partition coefficient (Wildman–Crippen LogP) is 1.30. The molecule has 50 valence electrons. The Morgan fingerprint density at radius 2 is 2.12 bits per heavy atom. The summed E-state index contributed by atoms with van der Waals surface area (Å²) in [4.78, 5) is 0. The van der Waals surface area contributed by atoms with E-state index < -0.39 is 9.04 Å². The van der Waals surface area contributed by atoms with Crippen molar-refractivity contribution >= 4 is 21.7 Å². The van der Waals surface area contributed by atoms with Crippen LogP contribution in [0.1, 0.15) is 6.92 Å². The fourth-order valence-corrected chi connectivity index (χ4v) is 1.78. The number of hydrogen-bond donors (Lipinski definition) is 1. The molecule has 0 rings (SSSR count). The van der Waals surface area contributed by atoms with Gasteiger partial charge in [-0.15, -0.1) is 0 Å². The number of hydrogen-bond acceptors (Lipinski definition) is 2. The fraction of sp³-hybridized carbons (Fsp3) is 1.00. The lowest BCUT2D eigenvalue weighted by atomic mass is 10.5. The third kappa shape index (κ3) is 4.68. The molecule has 0 saturated heterocycles. The minimum absolute atomic E-state index is 0.352. The highest BCUT2D eigenvalue weighted by atomic mass is 32.1.